The maximum absolute atomic E-state index is 14.6. The second-order valence-electron chi connectivity index (χ2n) is 14.0. The molecule has 0 unspecified atom stereocenters. The van der Waals surface area contributed by atoms with Gasteiger partial charge in [-0.15, -0.1) is 0 Å². The summed E-state index contributed by atoms with van der Waals surface area (Å²) in [6.07, 6.45) is 1.19. The lowest BCUT2D eigenvalue weighted by atomic mass is 9.90. The third-order valence-corrected chi connectivity index (χ3v) is 8.91. The van der Waals surface area contributed by atoms with Crippen LogP contribution in [0.25, 0.3) is 22.0 Å². The van der Waals surface area contributed by atoms with Crippen LogP contribution < -0.4 is 5.32 Å². The monoisotopic (exact) mass is 657 g/mol. The van der Waals surface area contributed by atoms with Gasteiger partial charge in [-0.3, -0.25) is 9.48 Å². The van der Waals surface area contributed by atoms with Gasteiger partial charge in [0.1, 0.15) is 11.4 Å². The number of hydrogen-bond donors (Lipinski definition) is 1. The average Bonchev–Trinajstić information content (AvgIpc) is 3.61. The first-order valence-electron chi connectivity index (χ1n) is 16.4. The number of nitrogens with one attached hydrogen (secondary N) is 1. The summed E-state index contributed by atoms with van der Waals surface area (Å²) in [6.45, 7) is 11.0. The van der Waals surface area contributed by atoms with Crippen molar-refractivity contribution in [3.63, 3.8) is 0 Å². The molecule has 3 atom stereocenters. The fourth-order valence-electron chi connectivity index (χ4n) is 6.58. The predicted octanol–water partition coefficient (Wildman–Crippen LogP) is 6.36. The van der Waals surface area contributed by atoms with Crippen LogP contribution in [0, 0.1) is 5.82 Å². The number of amides is 2. The molecule has 9 nitrogen and oxygen atoms in total. The molecule has 2 aliphatic rings. The number of carbonyl (C=O) groups excluding carboxylic acids is 2. The molecule has 2 fully saturated rings. The topological polar surface area (TPSA) is 88.9 Å². The van der Waals surface area contributed by atoms with E-state index in [1.807, 2.05) is 33.9 Å². The molecule has 47 heavy (non-hydrogen) atoms. The molecule has 3 aromatic rings. The van der Waals surface area contributed by atoms with Crippen molar-refractivity contribution in [1.82, 2.24) is 24.9 Å². The molecule has 0 aliphatic carbocycles. The number of carbonyl (C=O) groups is 2. The molecular formula is C35H46F3N5O4. The highest BCUT2D eigenvalue weighted by Gasteiger charge is 2.31. The molecule has 3 heterocycles. The van der Waals surface area contributed by atoms with Gasteiger partial charge in [0.25, 0.3) is 12.3 Å². The number of ether oxygens (including phenoxy) is 2. The van der Waals surface area contributed by atoms with Gasteiger partial charge in [-0.05, 0) is 107 Å². The highest BCUT2D eigenvalue weighted by Crippen LogP contribution is 2.38. The van der Waals surface area contributed by atoms with Crippen LogP contribution in [0.15, 0.2) is 36.5 Å². The van der Waals surface area contributed by atoms with Crippen LogP contribution in [0.1, 0.15) is 75.7 Å². The Labute approximate surface area is 274 Å². The lowest BCUT2D eigenvalue weighted by molar-refractivity contribution is -0.0213. The van der Waals surface area contributed by atoms with Crippen molar-refractivity contribution in [2.45, 2.75) is 90.0 Å². The van der Waals surface area contributed by atoms with Crippen molar-refractivity contribution >= 4 is 22.9 Å². The van der Waals surface area contributed by atoms with Gasteiger partial charge in [0.15, 0.2) is 0 Å². The molecular weight excluding hydrogens is 611 g/mol. The molecule has 2 aromatic carbocycles. The lowest BCUT2D eigenvalue weighted by Gasteiger charge is -2.32. The van der Waals surface area contributed by atoms with Gasteiger partial charge in [0.05, 0.1) is 42.6 Å². The third kappa shape index (κ3) is 8.45. The minimum Gasteiger partial charge on any atom is -0.444 e. The van der Waals surface area contributed by atoms with Crippen molar-refractivity contribution < 1.29 is 32.2 Å². The van der Waals surface area contributed by atoms with Gasteiger partial charge in [-0.1, -0.05) is 6.07 Å². The number of nitrogens with zero attached hydrogens (tertiary/aromatic N) is 4. The minimum atomic E-state index is -2.72. The van der Waals surface area contributed by atoms with E-state index in [4.69, 9.17) is 9.47 Å². The number of benzene rings is 2. The number of alkyl carbamates (subject to hydrolysis) is 1. The first-order valence-corrected chi connectivity index (χ1v) is 16.4. The average molecular weight is 658 g/mol. The largest absolute Gasteiger partial charge is 0.444 e. The molecule has 0 radical (unpaired) electrons. The summed E-state index contributed by atoms with van der Waals surface area (Å²) in [4.78, 5) is 29.3. The second-order valence-corrected chi connectivity index (χ2v) is 14.0. The Balaban J connectivity index is 1.33. The molecule has 5 rings (SSSR count). The zero-order chi connectivity index (χ0) is 34.0. The maximum Gasteiger partial charge on any atom is 0.407 e. The first kappa shape index (κ1) is 34.7. The molecule has 0 bridgehead atoms. The molecule has 0 spiro atoms. The smallest absolute Gasteiger partial charge is 0.407 e. The lowest BCUT2D eigenvalue weighted by Crippen LogP contribution is -2.46. The van der Waals surface area contributed by atoms with E-state index in [9.17, 15) is 22.8 Å². The normalized spacial score (nSPS) is 20.7. The van der Waals surface area contributed by atoms with Crippen LogP contribution in [0.5, 0.6) is 0 Å². The van der Waals surface area contributed by atoms with E-state index in [-0.39, 0.29) is 23.6 Å². The molecule has 2 amide bonds. The Bertz CT molecular complexity index is 1580. The zero-order valence-corrected chi connectivity index (χ0v) is 28.1. The highest BCUT2D eigenvalue weighted by molar-refractivity contribution is 6.05. The Hall–Kier alpha value is -3.64. The SMILES string of the molecule is CC(C)N(CC(F)F)C(=O)c1cc(F)ccc1-c1cc([C@H]2CCN(C[C@@H]3CC[C@@H](NC(=O)OC(C)(C)C)CO3)C2)cc2c1cnn2C. The Kier molecular flexibility index (Phi) is 10.5. The molecule has 1 aromatic heterocycles. The summed E-state index contributed by atoms with van der Waals surface area (Å²) in [7, 11) is 1.85. The predicted molar refractivity (Wildman–Crippen MR) is 174 cm³/mol. The van der Waals surface area contributed by atoms with E-state index in [1.165, 1.54) is 6.07 Å². The Morgan fingerprint density at radius 2 is 1.89 bits per heavy atom. The van der Waals surface area contributed by atoms with Gasteiger partial charge < -0.3 is 24.6 Å². The van der Waals surface area contributed by atoms with Crippen LogP contribution in [0.4, 0.5) is 18.0 Å². The number of hydrogen-bond acceptors (Lipinski definition) is 6. The number of aromatic nitrogens is 2. The Morgan fingerprint density at radius 3 is 2.55 bits per heavy atom. The summed E-state index contributed by atoms with van der Waals surface area (Å²) in [5.74, 6) is -1.05. The summed E-state index contributed by atoms with van der Waals surface area (Å²) in [6, 6.07) is 7.57. The van der Waals surface area contributed by atoms with E-state index in [1.54, 1.807) is 30.8 Å². The second kappa shape index (κ2) is 14.2. The van der Waals surface area contributed by atoms with E-state index in [2.05, 4.69) is 21.4 Å². The molecule has 0 saturated carbocycles. The van der Waals surface area contributed by atoms with Crippen molar-refractivity contribution in [2.75, 3.05) is 32.8 Å². The molecule has 2 aliphatic heterocycles. The van der Waals surface area contributed by atoms with E-state index >= 15 is 0 Å². The fraction of sp³-hybridized carbons (Fsp3) is 0.571. The highest BCUT2D eigenvalue weighted by atomic mass is 19.3. The van der Waals surface area contributed by atoms with E-state index in [0.29, 0.717) is 17.7 Å². The van der Waals surface area contributed by atoms with Gasteiger partial charge in [0.2, 0.25) is 0 Å². The van der Waals surface area contributed by atoms with Crippen molar-refractivity contribution in [1.29, 1.82) is 0 Å². The summed E-state index contributed by atoms with van der Waals surface area (Å²) < 4.78 is 54.7. The number of likely N-dealkylation sites (tertiary alicyclic amines) is 1. The minimum absolute atomic E-state index is 0.0450. The quantitative estimate of drug-likeness (QED) is 0.288. The van der Waals surface area contributed by atoms with Crippen LogP contribution in [0.3, 0.4) is 0 Å². The van der Waals surface area contributed by atoms with Gasteiger partial charge in [0, 0.05) is 31.6 Å². The van der Waals surface area contributed by atoms with Crippen molar-refractivity contribution in [2.24, 2.45) is 7.05 Å². The van der Waals surface area contributed by atoms with Crippen LogP contribution >= 0.6 is 0 Å². The first-order chi connectivity index (χ1) is 22.2. The maximum atomic E-state index is 14.6. The number of alkyl halides is 2. The van der Waals surface area contributed by atoms with Crippen LogP contribution in [-0.2, 0) is 16.5 Å². The standard InChI is InChI=1S/C35H46F3N5O4/c1-21(2)43(19-32(37)38)33(44)29-15-24(36)7-10-27(29)28-13-23(14-31-30(28)16-39-41(31)6)22-11-12-42(17-22)18-26-9-8-25(20-46-26)40-34(45)47-35(3,4)5/h7,10,13-16,21-22,25-26,32H,8-9,11-12,17-20H2,1-6H3,(H,40,45)/t22-,25+,26-/m0/s1. The Morgan fingerprint density at radius 1 is 1.13 bits per heavy atom. The van der Waals surface area contributed by atoms with Gasteiger partial charge in [-0.25, -0.2) is 18.0 Å². The molecule has 12 heteroatoms. The molecule has 256 valence electrons. The number of halogens is 3. The van der Waals surface area contributed by atoms with Gasteiger partial charge >= 0.3 is 6.09 Å². The fourth-order valence-corrected chi connectivity index (χ4v) is 6.58. The number of fused-ring (bicyclic) bond motifs is 1. The summed E-state index contributed by atoms with van der Waals surface area (Å²) in [5.41, 5.74) is 2.62. The van der Waals surface area contributed by atoms with Crippen molar-refractivity contribution in [3.8, 4) is 11.1 Å². The molecule has 1 N–H and O–H groups in total. The zero-order valence-electron chi connectivity index (χ0n) is 28.1. The summed E-state index contributed by atoms with van der Waals surface area (Å²) >= 11 is 0. The number of aryl methyl sites for hydroxylation is 1. The number of rotatable bonds is 9. The van der Waals surface area contributed by atoms with Crippen LogP contribution in [0.2, 0.25) is 0 Å². The van der Waals surface area contributed by atoms with E-state index < -0.39 is 42.4 Å². The third-order valence-electron chi connectivity index (χ3n) is 8.91. The molecule has 2 saturated heterocycles. The summed E-state index contributed by atoms with van der Waals surface area (Å²) in [5, 5.41) is 8.16. The van der Waals surface area contributed by atoms with Gasteiger partial charge in [-0.2, -0.15) is 5.10 Å². The van der Waals surface area contributed by atoms with E-state index in [0.717, 1.165) is 66.3 Å². The van der Waals surface area contributed by atoms with Crippen molar-refractivity contribution in [3.05, 3.63) is 53.5 Å². The van der Waals surface area contributed by atoms with Crippen LogP contribution in [-0.4, -0.2) is 94.6 Å².